The highest BCUT2D eigenvalue weighted by atomic mass is 16.5. The van der Waals surface area contributed by atoms with Crippen LogP contribution >= 0.6 is 0 Å². The Morgan fingerprint density at radius 1 is 1.33 bits per heavy atom. The number of fused-ring (bicyclic) bond motifs is 3. The van der Waals surface area contributed by atoms with Gasteiger partial charge in [-0.3, -0.25) is 10.1 Å². The number of carbonyl (C=O) groups excluding carboxylic acids is 1. The summed E-state index contributed by atoms with van der Waals surface area (Å²) >= 11 is 0. The lowest BCUT2D eigenvalue weighted by Gasteiger charge is -2.37. The van der Waals surface area contributed by atoms with E-state index in [1.807, 2.05) is 6.08 Å². The Bertz CT molecular complexity index is 519. The molecule has 0 spiro atoms. The molecule has 21 heavy (non-hydrogen) atoms. The summed E-state index contributed by atoms with van der Waals surface area (Å²) in [5.41, 5.74) is 2.22. The Labute approximate surface area is 126 Å². The summed E-state index contributed by atoms with van der Waals surface area (Å²) in [4.78, 5) is 12.6. The van der Waals surface area contributed by atoms with Crippen LogP contribution in [0.5, 0.6) is 0 Å². The normalized spacial score (nSPS) is 30.3. The summed E-state index contributed by atoms with van der Waals surface area (Å²) in [6.45, 7) is 4.42. The highest BCUT2D eigenvalue weighted by Crippen LogP contribution is 2.47. The fraction of sp³-hybridized carbons (Fsp3) is 0.500. The quantitative estimate of drug-likeness (QED) is 0.682. The van der Waals surface area contributed by atoms with E-state index in [0.29, 0.717) is 18.4 Å². The molecule has 2 atom stereocenters. The highest BCUT2D eigenvalue weighted by molar-refractivity contribution is 5.82. The van der Waals surface area contributed by atoms with Crippen molar-refractivity contribution in [3.05, 3.63) is 48.0 Å². The molecule has 0 aromatic heterocycles. The van der Waals surface area contributed by atoms with Crippen LogP contribution in [0.25, 0.3) is 0 Å². The molecule has 0 saturated heterocycles. The van der Waals surface area contributed by atoms with Crippen molar-refractivity contribution in [1.29, 1.82) is 0 Å². The van der Waals surface area contributed by atoms with Gasteiger partial charge in [-0.05, 0) is 48.6 Å². The maximum Gasteiger partial charge on any atom is 0.326 e. The van der Waals surface area contributed by atoms with Crippen LogP contribution in [0.3, 0.4) is 0 Å². The first-order valence-electron chi connectivity index (χ1n) is 7.73. The highest BCUT2D eigenvalue weighted by Gasteiger charge is 2.56. The van der Waals surface area contributed by atoms with Gasteiger partial charge in [0.2, 0.25) is 0 Å². The van der Waals surface area contributed by atoms with Gasteiger partial charge in [-0.1, -0.05) is 30.3 Å². The molecule has 2 aliphatic rings. The molecule has 3 rings (SSSR count). The van der Waals surface area contributed by atoms with Crippen molar-refractivity contribution in [1.82, 2.24) is 5.32 Å². The number of carbonyl (C=O) groups is 1. The van der Waals surface area contributed by atoms with E-state index < -0.39 is 5.54 Å². The number of hydrogen-bond acceptors (Lipinski definition) is 3. The lowest BCUT2D eigenvalue weighted by Crippen LogP contribution is -2.60. The molecule has 3 heteroatoms. The minimum Gasteiger partial charge on any atom is -0.468 e. The van der Waals surface area contributed by atoms with Crippen LogP contribution in [0.4, 0.5) is 0 Å². The number of nitrogens with one attached hydrogen (secondary N) is 1. The van der Waals surface area contributed by atoms with Gasteiger partial charge in [0.1, 0.15) is 5.54 Å². The zero-order valence-corrected chi connectivity index (χ0v) is 12.6. The van der Waals surface area contributed by atoms with Crippen LogP contribution in [0, 0.1) is 11.8 Å². The van der Waals surface area contributed by atoms with Crippen LogP contribution in [0.2, 0.25) is 0 Å². The van der Waals surface area contributed by atoms with Gasteiger partial charge in [-0.15, -0.1) is 6.58 Å². The molecule has 2 bridgehead atoms. The average molecular weight is 285 g/mol. The molecule has 2 aliphatic carbocycles. The van der Waals surface area contributed by atoms with Crippen molar-refractivity contribution in [3.63, 3.8) is 0 Å². The first-order chi connectivity index (χ1) is 10.2. The van der Waals surface area contributed by atoms with E-state index in [1.165, 1.54) is 18.2 Å². The Hall–Kier alpha value is -1.61. The number of hydrogen-bond donors (Lipinski definition) is 1. The van der Waals surface area contributed by atoms with E-state index in [-0.39, 0.29) is 5.97 Å². The van der Waals surface area contributed by atoms with E-state index in [4.69, 9.17) is 4.74 Å². The minimum atomic E-state index is -0.554. The summed E-state index contributed by atoms with van der Waals surface area (Å²) in [5, 5.41) is 3.48. The second-order valence-corrected chi connectivity index (χ2v) is 6.18. The van der Waals surface area contributed by atoms with Crippen molar-refractivity contribution in [3.8, 4) is 0 Å². The van der Waals surface area contributed by atoms with Crippen molar-refractivity contribution in [2.75, 3.05) is 13.7 Å². The lowest BCUT2D eigenvalue weighted by molar-refractivity contribution is -0.152. The second kappa shape index (κ2) is 5.64. The molecule has 3 nitrogen and oxygen atoms in total. The summed E-state index contributed by atoms with van der Waals surface area (Å²) in [6.07, 6.45) is 5.89. The summed E-state index contributed by atoms with van der Waals surface area (Å²) in [7, 11) is 1.50. The Morgan fingerprint density at radius 3 is 2.38 bits per heavy atom. The monoisotopic (exact) mass is 285 g/mol. The lowest BCUT2D eigenvalue weighted by atomic mass is 9.78. The molecule has 0 amide bonds. The number of methoxy groups -OCH3 is 1. The van der Waals surface area contributed by atoms with Gasteiger partial charge in [0.15, 0.2) is 0 Å². The number of rotatable bonds is 4. The third-order valence-electron chi connectivity index (χ3n) is 5.26. The maximum atomic E-state index is 12.6. The zero-order valence-electron chi connectivity index (χ0n) is 12.6. The third kappa shape index (κ3) is 2.20. The SMILES string of the molecule is C=CCNC1(C(=O)OC)C2CCC1Cc1ccccc1C2. The predicted molar refractivity (Wildman–Crippen MR) is 83.0 cm³/mol. The first kappa shape index (κ1) is 14.3. The Morgan fingerprint density at radius 2 is 1.90 bits per heavy atom. The first-order valence-corrected chi connectivity index (χ1v) is 7.73. The van der Waals surface area contributed by atoms with Gasteiger partial charge >= 0.3 is 5.97 Å². The van der Waals surface area contributed by atoms with Crippen molar-refractivity contribution in [2.24, 2.45) is 11.8 Å². The maximum absolute atomic E-state index is 12.6. The fourth-order valence-electron chi connectivity index (χ4n) is 4.31. The Kier molecular flexibility index (Phi) is 3.85. The molecule has 1 aromatic rings. The number of benzene rings is 1. The predicted octanol–water partition coefficient (Wildman–Crippen LogP) is 2.50. The standard InChI is InChI=1S/C18H23NO2/c1-3-10-19-18(17(20)21-2)15-8-9-16(18)12-14-7-5-4-6-13(14)11-15/h3-7,15-16,19H,1,8-12H2,2H3. The second-order valence-electron chi connectivity index (χ2n) is 6.18. The minimum absolute atomic E-state index is 0.107. The van der Waals surface area contributed by atoms with Gasteiger partial charge < -0.3 is 4.74 Å². The topological polar surface area (TPSA) is 38.3 Å². The summed E-state index contributed by atoms with van der Waals surface area (Å²) in [5.74, 6) is 0.502. The third-order valence-corrected chi connectivity index (χ3v) is 5.26. The number of esters is 1. The molecule has 1 fully saturated rings. The van der Waals surface area contributed by atoms with Crippen LogP contribution in [0.15, 0.2) is 36.9 Å². The summed E-state index contributed by atoms with van der Waals surface area (Å²) < 4.78 is 5.19. The van der Waals surface area contributed by atoms with Crippen molar-refractivity contribution < 1.29 is 9.53 Å². The molecular formula is C18H23NO2. The molecule has 2 unspecified atom stereocenters. The molecule has 112 valence electrons. The van der Waals surface area contributed by atoms with E-state index >= 15 is 0 Å². The molecule has 0 heterocycles. The smallest absolute Gasteiger partial charge is 0.326 e. The molecule has 1 N–H and O–H groups in total. The van der Waals surface area contributed by atoms with E-state index in [0.717, 1.165) is 25.7 Å². The largest absolute Gasteiger partial charge is 0.468 e. The molecule has 1 aromatic carbocycles. The van der Waals surface area contributed by atoms with Crippen LogP contribution in [-0.4, -0.2) is 25.2 Å². The van der Waals surface area contributed by atoms with Gasteiger partial charge in [-0.25, -0.2) is 0 Å². The average Bonchev–Trinajstić information content (AvgIpc) is 2.75. The molecular weight excluding hydrogens is 262 g/mol. The van der Waals surface area contributed by atoms with E-state index in [9.17, 15) is 4.79 Å². The Balaban J connectivity index is 2.02. The van der Waals surface area contributed by atoms with E-state index in [2.05, 4.69) is 36.2 Å². The van der Waals surface area contributed by atoms with Crippen molar-refractivity contribution >= 4 is 5.97 Å². The molecule has 0 radical (unpaired) electrons. The van der Waals surface area contributed by atoms with Gasteiger partial charge in [0.25, 0.3) is 0 Å². The van der Waals surface area contributed by atoms with Crippen LogP contribution in [-0.2, 0) is 22.4 Å². The van der Waals surface area contributed by atoms with E-state index in [1.54, 1.807) is 0 Å². The van der Waals surface area contributed by atoms with Gasteiger partial charge in [0.05, 0.1) is 7.11 Å². The van der Waals surface area contributed by atoms with Crippen molar-refractivity contribution in [2.45, 2.75) is 31.2 Å². The van der Waals surface area contributed by atoms with Crippen LogP contribution in [0.1, 0.15) is 24.0 Å². The molecule has 1 saturated carbocycles. The van der Waals surface area contributed by atoms with Crippen LogP contribution < -0.4 is 5.32 Å². The summed E-state index contributed by atoms with van der Waals surface area (Å²) in [6, 6.07) is 8.58. The number of ether oxygens (including phenoxy) is 1. The fourth-order valence-corrected chi connectivity index (χ4v) is 4.31. The molecule has 0 aliphatic heterocycles. The van der Waals surface area contributed by atoms with Gasteiger partial charge in [-0.2, -0.15) is 0 Å². The van der Waals surface area contributed by atoms with Gasteiger partial charge in [0, 0.05) is 6.54 Å². The zero-order chi connectivity index (χ0) is 14.9.